The number of methoxy groups -OCH3 is 1. The third-order valence-electron chi connectivity index (χ3n) is 5.54. The molecule has 1 aliphatic rings. The summed E-state index contributed by atoms with van der Waals surface area (Å²) in [5.74, 6) is -2.74. The maximum atomic E-state index is 13.7. The van der Waals surface area contributed by atoms with Gasteiger partial charge in [-0.25, -0.2) is 9.18 Å². The van der Waals surface area contributed by atoms with Crippen molar-refractivity contribution in [1.29, 1.82) is 0 Å². The van der Waals surface area contributed by atoms with Crippen LogP contribution in [0, 0.1) is 11.2 Å². The van der Waals surface area contributed by atoms with Gasteiger partial charge in [0.1, 0.15) is 5.54 Å². The summed E-state index contributed by atoms with van der Waals surface area (Å²) in [5.41, 5.74) is -2.12. The van der Waals surface area contributed by atoms with Crippen LogP contribution in [0.15, 0.2) is 18.2 Å². The van der Waals surface area contributed by atoms with Crippen molar-refractivity contribution < 1.29 is 33.4 Å². The molecule has 0 aliphatic heterocycles. The molecule has 0 saturated heterocycles. The molecule has 1 fully saturated rings. The lowest BCUT2D eigenvalue weighted by molar-refractivity contribution is -0.194. The number of carboxylic acids is 1. The van der Waals surface area contributed by atoms with Crippen molar-refractivity contribution in [2.24, 2.45) is 5.41 Å². The quantitative estimate of drug-likeness (QED) is 0.623. The molecule has 1 aromatic carbocycles. The van der Waals surface area contributed by atoms with E-state index >= 15 is 0 Å². The van der Waals surface area contributed by atoms with Gasteiger partial charge < -0.3 is 19.9 Å². The van der Waals surface area contributed by atoms with Crippen LogP contribution in [0.1, 0.15) is 50.4 Å². The number of ether oxygens (including phenoxy) is 2. The summed E-state index contributed by atoms with van der Waals surface area (Å²) in [6, 6.07) is 3.81. The van der Waals surface area contributed by atoms with Crippen LogP contribution in [0.4, 0.5) is 4.39 Å². The fourth-order valence-corrected chi connectivity index (χ4v) is 3.55. The molecular weight excluding hydrogens is 369 g/mol. The first-order valence-electron chi connectivity index (χ1n) is 9.11. The first kappa shape index (κ1) is 21.8. The molecule has 154 valence electrons. The molecule has 1 aromatic rings. The van der Waals surface area contributed by atoms with Gasteiger partial charge in [0.2, 0.25) is 5.91 Å². The molecule has 1 saturated carbocycles. The number of hydrogen-bond donors (Lipinski definition) is 2. The second kappa shape index (κ2) is 8.26. The Balaban J connectivity index is 2.00. The van der Waals surface area contributed by atoms with E-state index in [9.17, 15) is 23.9 Å². The highest BCUT2D eigenvalue weighted by Gasteiger charge is 2.66. The Morgan fingerprint density at radius 1 is 1.29 bits per heavy atom. The van der Waals surface area contributed by atoms with Crippen molar-refractivity contribution in [1.82, 2.24) is 5.32 Å². The molecule has 2 atom stereocenters. The van der Waals surface area contributed by atoms with Gasteiger partial charge in [-0.15, -0.1) is 0 Å². The second-order valence-electron chi connectivity index (χ2n) is 7.40. The number of ketones is 1. The molecular formula is C20H26FNO6. The minimum atomic E-state index is -1.45. The number of amides is 1. The van der Waals surface area contributed by atoms with E-state index in [1.165, 1.54) is 19.2 Å². The third kappa shape index (κ3) is 3.87. The van der Waals surface area contributed by atoms with Gasteiger partial charge in [-0.05, 0) is 25.1 Å². The van der Waals surface area contributed by atoms with Crippen molar-refractivity contribution in [3.05, 3.63) is 29.6 Å². The number of aliphatic carboxylic acids is 1. The number of nitrogens with one attached hydrogen (secondary N) is 1. The average molecular weight is 395 g/mol. The topological polar surface area (TPSA) is 102 Å². The number of carbonyl (C=O) groups is 3. The normalized spacial score (nSPS) is 22.8. The number of halogens is 1. The SMILES string of the molecule is CCOC1CC(NC(=O)CCC(=O)c2ccc(OC)c(F)c2)(C(=O)O)C1(C)C. The van der Waals surface area contributed by atoms with Crippen molar-refractivity contribution in [2.75, 3.05) is 13.7 Å². The Hall–Kier alpha value is -2.48. The minimum Gasteiger partial charge on any atom is -0.494 e. The number of carbonyl (C=O) groups excluding carboxylic acids is 2. The van der Waals surface area contributed by atoms with Crippen LogP contribution >= 0.6 is 0 Å². The van der Waals surface area contributed by atoms with E-state index in [4.69, 9.17) is 9.47 Å². The maximum Gasteiger partial charge on any atom is 0.330 e. The van der Waals surface area contributed by atoms with Crippen LogP contribution in [0.3, 0.4) is 0 Å². The first-order valence-corrected chi connectivity index (χ1v) is 9.11. The lowest BCUT2D eigenvalue weighted by atomic mass is 9.54. The molecule has 2 N–H and O–H groups in total. The summed E-state index contributed by atoms with van der Waals surface area (Å²) < 4.78 is 24.1. The predicted octanol–water partition coefficient (Wildman–Crippen LogP) is 2.57. The lowest BCUT2D eigenvalue weighted by Gasteiger charge is -2.58. The van der Waals surface area contributed by atoms with Crippen LogP contribution in [-0.4, -0.2) is 48.1 Å². The number of benzene rings is 1. The van der Waals surface area contributed by atoms with E-state index in [1.807, 2.05) is 6.92 Å². The molecule has 2 unspecified atom stereocenters. The van der Waals surface area contributed by atoms with Crippen molar-refractivity contribution >= 4 is 17.7 Å². The maximum absolute atomic E-state index is 13.7. The molecule has 8 heteroatoms. The van der Waals surface area contributed by atoms with E-state index in [-0.39, 0.29) is 36.7 Å². The molecule has 0 aromatic heterocycles. The van der Waals surface area contributed by atoms with Crippen LogP contribution in [0.25, 0.3) is 0 Å². The Kier molecular flexibility index (Phi) is 6.44. The smallest absolute Gasteiger partial charge is 0.330 e. The molecule has 0 radical (unpaired) electrons. The number of carboxylic acid groups (broad SMARTS) is 1. The van der Waals surface area contributed by atoms with Crippen LogP contribution in [0.2, 0.25) is 0 Å². The summed E-state index contributed by atoms with van der Waals surface area (Å²) in [5, 5.41) is 12.3. The zero-order chi connectivity index (χ0) is 21.1. The largest absolute Gasteiger partial charge is 0.494 e. The third-order valence-corrected chi connectivity index (χ3v) is 5.54. The van der Waals surface area contributed by atoms with Gasteiger partial charge in [0, 0.05) is 36.8 Å². The Morgan fingerprint density at radius 2 is 1.96 bits per heavy atom. The van der Waals surface area contributed by atoms with E-state index in [0.29, 0.717) is 6.61 Å². The van der Waals surface area contributed by atoms with Gasteiger partial charge in [-0.3, -0.25) is 9.59 Å². The average Bonchev–Trinajstić information content (AvgIpc) is 2.64. The molecule has 1 aliphatic carbocycles. The van der Waals surface area contributed by atoms with Gasteiger partial charge in [0.05, 0.1) is 13.2 Å². The zero-order valence-corrected chi connectivity index (χ0v) is 16.5. The standard InChI is InChI=1S/C20H26FNO6/c1-5-28-16-11-20(18(25)26,19(16,2)3)22-17(24)9-7-14(23)12-6-8-15(27-4)13(21)10-12/h6,8,10,16H,5,7,9,11H2,1-4H3,(H,22,24)(H,25,26). The molecule has 28 heavy (non-hydrogen) atoms. The molecule has 7 nitrogen and oxygen atoms in total. The van der Waals surface area contributed by atoms with E-state index in [2.05, 4.69) is 5.32 Å². The highest BCUT2D eigenvalue weighted by Crippen LogP contribution is 2.51. The van der Waals surface area contributed by atoms with E-state index in [1.54, 1.807) is 13.8 Å². The lowest BCUT2D eigenvalue weighted by Crippen LogP contribution is -2.76. The van der Waals surface area contributed by atoms with Crippen LogP contribution in [-0.2, 0) is 14.3 Å². The van der Waals surface area contributed by atoms with Gasteiger partial charge >= 0.3 is 5.97 Å². The van der Waals surface area contributed by atoms with Gasteiger partial charge in [-0.1, -0.05) is 13.8 Å². The molecule has 2 rings (SSSR count). The minimum absolute atomic E-state index is 0.0220. The summed E-state index contributed by atoms with van der Waals surface area (Å²) in [4.78, 5) is 36.4. The predicted molar refractivity (Wildman–Crippen MR) is 98.8 cm³/mol. The van der Waals surface area contributed by atoms with Crippen molar-refractivity contribution in [3.8, 4) is 5.75 Å². The van der Waals surface area contributed by atoms with Gasteiger partial charge in [-0.2, -0.15) is 0 Å². The van der Waals surface area contributed by atoms with E-state index < -0.39 is 34.4 Å². The molecule has 1 amide bonds. The Labute approximate surface area is 163 Å². The van der Waals surface area contributed by atoms with Crippen molar-refractivity contribution in [2.45, 2.75) is 51.7 Å². The van der Waals surface area contributed by atoms with Crippen LogP contribution in [0.5, 0.6) is 5.75 Å². The fourth-order valence-electron chi connectivity index (χ4n) is 3.55. The number of hydrogen-bond acceptors (Lipinski definition) is 5. The van der Waals surface area contributed by atoms with Gasteiger partial charge in [0.25, 0.3) is 0 Å². The summed E-state index contributed by atoms with van der Waals surface area (Å²) in [6.45, 7) is 5.74. The first-order chi connectivity index (χ1) is 13.1. The summed E-state index contributed by atoms with van der Waals surface area (Å²) in [7, 11) is 1.32. The highest BCUT2D eigenvalue weighted by molar-refractivity contribution is 5.98. The highest BCUT2D eigenvalue weighted by atomic mass is 19.1. The molecule has 0 bridgehead atoms. The molecule has 0 spiro atoms. The fraction of sp³-hybridized carbons (Fsp3) is 0.550. The number of rotatable bonds is 9. The Bertz CT molecular complexity index is 778. The van der Waals surface area contributed by atoms with E-state index in [0.717, 1.165) is 6.07 Å². The Morgan fingerprint density at radius 3 is 2.46 bits per heavy atom. The second-order valence-corrected chi connectivity index (χ2v) is 7.40. The summed E-state index contributed by atoms with van der Waals surface area (Å²) in [6.07, 6.45) is -0.482. The monoisotopic (exact) mass is 395 g/mol. The van der Waals surface area contributed by atoms with Crippen molar-refractivity contribution in [3.63, 3.8) is 0 Å². The zero-order valence-electron chi connectivity index (χ0n) is 16.5. The van der Waals surface area contributed by atoms with Crippen LogP contribution < -0.4 is 10.1 Å². The van der Waals surface area contributed by atoms with Gasteiger partial charge in [0.15, 0.2) is 17.3 Å². The summed E-state index contributed by atoms with van der Waals surface area (Å²) >= 11 is 0. The molecule has 0 heterocycles. The number of Topliss-reactive ketones (excluding diaryl/α,β-unsaturated/α-hetero) is 1.